The van der Waals surface area contributed by atoms with E-state index in [1.807, 2.05) is 0 Å². The summed E-state index contributed by atoms with van der Waals surface area (Å²) in [5.41, 5.74) is 0. The molecule has 6 heteroatoms. The predicted molar refractivity (Wildman–Crippen MR) is 256 cm³/mol. The second kappa shape index (κ2) is 45.4. The highest BCUT2D eigenvalue weighted by Crippen LogP contribution is 2.18. The number of ether oxygens (including phenoxy) is 3. The van der Waals surface area contributed by atoms with Crippen molar-refractivity contribution in [3.8, 4) is 0 Å². The summed E-state index contributed by atoms with van der Waals surface area (Å²) in [6, 6.07) is 0. The molecule has 0 aliphatic heterocycles. The molecule has 0 heterocycles. The van der Waals surface area contributed by atoms with Crippen molar-refractivity contribution in [3.63, 3.8) is 0 Å². The minimum Gasteiger partial charge on any atom is -0.462 e. The van der Waals surface area contributed by atoms with Crippen LogP contribution in [0.25, 0.3) is 0 Å². The van der Waals surface area contributed by atoms with Gasteiger partial charge in [0.25, 0.3) is 0 Å². The van der Waals surface area contributed by atoms with Crippen molar-refractivity contribution < 1.29 is 28.6 Å². The molecule has 0 saturated carbocycles. The van der Waals surface area contributed by atoms with Crippen LogP contribution in [0.3, 0.4) is 0 Å². The summed E-state index contributed by atoms with van der Waals surface area (Å²) >= 11 is 0. The minimum atomic E-state index is -0.763. The first-order valence-corrected chi connectivity index (χ1v) is 26.6. The first-order valence-electron chi connectivity index (χ1n) is 26.6. The number of hydrogen-bond acceptors (Lipinski definition) is 6. The third-order valence-corrected chi connectivity index (χ3v) is 12.5. The molecule has 6 nitrogen and oxygen atoms in total. The van der Waals surface area contributed by atoms with Crippen molar-refractivity contribution in [2.45, 2.75) is 298 Å². The van der Waals surface area contributed by atoms with Gasteiger partial charge >= 0.3 is 17.9 Å². The lowest BCUT2D eigenvalue weighted by molar-refractivity contribution is -0.167. The number of carbonyl (C=O) groups is 3. The Labute approximate surface area is 374 Å². The molecule has 60 heavy (non-hydrogen) atoms. The average molecular weight is 849 g/mol. The SMILES string of the molecule is CCC(C)CCCCCCCCC(=O)O[C@H](COC(=O)CCCCCCCCCCCCCCCCCCCCC(C)C)COC(=O)CCCCCCCCCCC(C)C. The topological polar surface area (TPSA) is 78.9 Å². The molecule has 0 aliphatic carbocycles. The van der Waals surface area contributed by atoms with E-state index in [0.29, 0.717) is 19.3 Å². The second-order valence-corrected chi connectivity index (χ2v) is 19.7. The van der Waals surface area contributed by atoms with Crippen LogP contribution in [-0.4, -0.2) is 37.2 Å². The fourth-order valence-corrected chi connectivity index (χ4v) is 8.08. The maximum atomic E-state index is 12.7. The highest BCUT2D eigenvalue weighted by atomic mass is 16.6. The molecule has 0 amide bonds. The number of hydrogen-bond donors (Lipinski definition) is 0. The van der Waals surface area contributed by atoms with Crippen LogP contribution < -0.4 is 0 Å². The highest BCUT2D eigenvalue weighted by molar-refractivity contribution is 5.71. The van der Waals surface area contributed by atoms with Crippen LogP contribution >= 0.6 is 0 Å². The zero-order valence-electron chi connectivity index (χ0n) is 41.3. The Morgan fingerprint density at radius 1 is 0.333 bits per heavy atom. The van der Waals surface area contributed by atoms with Crippen molar-refractivity contribution >= 4 is 17.9 Å². The van der Waals surface area contributed by atoms with Gasteiger partial charge in [0.05, 0.1) is 0 Å². The molecule has 0 aromatic heterocycles. The lowest BCUT2D eigenvalue weighted by Crippen LogP contribution is -2.30. The summed E-state index contributed by atoms with van der Waals surface area (Å²) in [7, 11) is 0. The Hall–Kier alpha value is -1.59. The Morgan fingerprint density at radius 2 is 0.583 bits per heavy atom. The van der Waals surface area contributed by atoms with Crippen LogP contribution in [0.2, 0.25) is 0 Å². The summed E-state index contributed by atoms with van der Waals surface area (Å²) in [6.45, 7) is 13.7. The number of esters is 3. The molecule has 0 bridgehead atoms. The van der Waals surface area contributed by atoms with Crippen molar-refractivity contribution in [2.24, 2.45) is 17.8 Å². The van der Waals surface area contributed by atoms with Crippen LogP contribution in [0, 0.1) is 17.8 Å². The lowest BCUT2D eigenvalue weighted by Gasteiger charge is -2.18. The Bertz CT molecular complexity index is 931. The zero-order valence-corrected chi connectivity index (χ0v) is 41.3. The molecule has 0 aromatic rings. The number of unbranched alkanes of at least 4 members (excludes halogenated alkanes) is 29. The summed E-state index contributed by atoms with van der Waals surface area (Å²) in [5.74, 6) is 1.61. The summed E-state index contributed by atoms with van der Waals surface area (Å²) in [4.78, 5) is 37.9. The summed E-state index contributed by atoms with van der Waals surface area (Å²) in [6.07, 6.45) is 45.4. The van der Waals surface area contributed by atoms with Crippen molar-refractivity contribution in [2.75, 3.05) is 13.2 Å². The molecule has 0 radical (unpaired) electrons. The van der Waals surface area contributed by atoms with Gasteiger partial charge in [0.15, 0.2) is 6.10 Å². The van der Waals surface area contributed by atoms with Gasteiger partial charge in [-0.25, -0.2) is 0 Å². The largest absolute Gasteiger partial charge is 0.462 e. The molecule has 0 saturated heterocycles. The van der Waals surface area contributed by atoms with E-state index in [-0.39, 0.29) is 31.1 Å². The molecule has 0 spiro atoms. The first-order chi connectivity index (χ1) is 29.1. The first kappa shape index (κ1) is 58.4. The van der Waals surface area contributed by atoms with Gasteiger partial charge < -0.3 is 14.2 Å². The molecule has 356 valence electrons. The Morgan fingerprint density at radius 3 is 0.867 bits per heavy atom. The van der Waals surface area contributed by atoms with Crippen LogP contribution in [0.5, 0.6) is 0 Å². The van der Waals surface area contributed by atoms with Crippen LogP contribution in [0.4, 0.5) is 0 Å². The number of carbonyl (C=O) groups excluding carboxylic acids is 3. The molecular weight excluding hydrogens is 745 g/mol. The molecule has 2 atom stereocenters. The zero-order chi connectivity index (χ0) is 44.2. The van der Waals surface area contributed by atoms with Crippen LogP contribution in [-0.2, 0) is 28.6 Å². The predicted octanol–water partition coefficient (Wildman–Crippen LogP) is 17.2. The fourth-order valence-electron chi connectivity index (χ4n) is 8.08. The molecule has 1 unspecified atom stereocenters. The van der Waals surface area contributed by atoms with E-state index in [2.05, 4.69) is 41.5 Å². The van der Waals surface area contributed by atoms with E-state index < -0.39 is 6.10 Å². The molecule has 0 aromatic carbocycles. The van der Waals surface area contributed by atoms with Crippen LogP contribution in [0.15, 0.2) is 0 Å². The standard InChI is InChI=1S/C54H104O6/c1-7-50(6)42-36-30-26-27-33-39-45-54(57)60-51(47-59-53(56)44-38-32-25-21-20-23-29-35-41-49(4)5)46-58-52(55)43-37-31-24-19-17-15-13-11-9-8-10-12-14-16-18-22-28-34-40-48(2)3/h48-51H,7-47H2,1-6H3/t50?,51-/m1/s1. The van der Waals surface area contributed by atoms with Gasteiger partial charge in [0.1, 0.15) is 13.2 Å². The minimum absolute atomic E-state index is 0.0656. The van der Waals surface area contributed by atoms with Gasteiger partial charge in [-0.3, -0.25) is 14.4 Å². The molecule has 0 aliphatic rings. The molecule has 0 N–H and O–H groups in total. The third kappa shape index (κ3) is 45.9. The Balaban J connectivity index is 4.19. The van der Waals surface area contributed by atoms with Gasteiger partial charge in [0.2, 0.25) is 0 Å². The van der Waals surface area contributed by atoms with Crippen molar-refractivity contribution in [1.29, 1.82) is 0 Å². The average Bonchev–Trinajstić information content (AvgIpc) is 3.22. The van der Waals surface area contributed by atoms with E-state index in [4.69, 9.17) is 14.2 Å². The lowest BCUT2D eigenvalue weighted by atomic mass is 10.00. The van der Waals surface area contributed by atoms with Crippen molar-refractivity contribution in [3.05, 3.63) is 0 Å². The third-order valence-electron chi connectivity index (χ3n) is 12.5. The van der Waals surface area contributed by atoms with Gasteiger partial charge in [-0.1, -0.05) is 253 Å². The quantitative estimate of drug-likeness (QED) is 0.0345. The normalized spacial score (nSPS) is 12.6. The van der Waals surface area contributed by atoms with Gasteiger partial charge in [-0.15, -0.1) is 0 Å². The summed E-state index contributed by atoms with van der Waals surface area (Å²) in [5, 5.41) is 0. The van der Waals surface area contributed by atoms with E-state index >= 15 is 0 Å². The second-order valence-electron chi connectivity index (χ2n) is 19.7. The monoisotopic (exact) mass is 849 g/mol. The van der Waals surface area contributed by atoms with Crippen molar-refractivity contribution in [1.82, 2.24) is 0 Å². The molecule has 0 fully saturated rings. The Kier molecular flexibility index (Phi) is 44.2. The maximum absolute atomic E-state index is 12.7. The highest BCUT2D eigenvalue weighted by Gasteiger charge is 2.19. The van der Waals surface area contributed by atoms with E-state index in [0.717, 1.165) is 75.5 Å². The van der Waals surface area contributed by atoms with E-state index in [9.17, 15) is 14.4 Å². The van der Waals surface area contributed by atoms with Gasteiger partial charge in [0, 0.05) is 19.3 Å². The maximum Gasteiger partial charge on any atom is 0.306 e. The number of rotatable bonds is 47. The van der Waals surface area contributed by atoms with Gasteiger partial charge in [-0.05, 0) is 37.0 Å². The smallest absolute Gasteiger partial charge is 0.306 e. The van der Waals surface area contributed by atoms with Crippen LogP contribution in [0.1, 0.15) is 292 Å². The van der Waals surface area contributed by atoms with Gasteiger partial charge in [-0.2, -0.15) is 0 Å². The fraction of sp³-hybridized carbons (Fsp3) is 0.944. The molecular formula is C54H104O6. The summed E-state index contributed by atoms with van der Waals surface area (Å²) < 4.78 is 16.8. The van der Waals surface area contributed by atoms with E-state index in [1.54, 1.807) is 0 Å². The van der Waals surface area contributed by atoms with E-state index in [1.165, 1.54) is 173 Å². The molecule has 0 rings (SSSR count).